The van der Waals surface area contributed by atoms with Crippen molar-refractivity contribution >= 4 is 27.3 Å². The van der Waals surface area contributed by atoms with Crippen molar-refractivity contribution in [3.8, 4) is 0 Å². The molecule has 1 aromatic heterocycles. The van der Waals surface area contributed by atoms with Gasteiger partial charge >= 0.3 is 0 Å². The van der Waals surface area contributed by atoms with E-state index in [1.54, 1.807) is 0 Å². The first-order chi connectivity index (χ1) is 9.72. The molecule has 3 nitrogen and oxygen atoms in total. The third-order valence-corrected chi connectivity index (χ3v) is 6.16. The monoisotopic (exact) mass is 359 g/mol. The van der Waals surface area contributed by atoms with Gasteiger partial charge in [-0.05, 0) is 47.3 Å². The summed E-state index contributed by atoms with van der Waals surface area (Å²) < 4.78 is 12.8. The van der Waals surface area contributed by atoms with E-state index in [0.717, 1.165) is 45.6 Å². The second kappa shape index (κ2) is 6.44. The van der Waals surface area contributed by atoms with Gasteiger partial charge in [0.2, 0.25) is 0 Å². The Bertz CT molecular complexity index is 445. The van der Waals surface area contributed by atoms with Gasteiger partial charge in [-0.25, -0.2) is 0 Å². The van der Waals surface area contributed by atoms with Crippen molar-refractivity contribution in [2.24, 2.45) is 5.92 Å². The van der Waals surface area contributed by atoms with Crippen molar-refractivity contribution in [2.45, 2.75) is 37.8 Å². The van der Waals surface area contributed by atoms with Gasteiger partial charge < -0.3 is 14.8 Å². The molecular weight excluding hydrogens is 338 g/mol. The van der Waals surface area contributed by atoms with Crippen LogP contribution in [-0.4, -0.2) is 32.0 Å². The van der Waals surface area contributed by atoms with Crippen LogP contribution in [0.5, 0.6) is 0 Å². The van der Waals surface area contributed by atoms with Gasteiger partial charge in [-0.2, -0.15) is 0 Å². The summed E-state index contributed by atoms with van der Waals surface area (Å²) in [5, 5.41) is 5.86. The van der Waals surface area contributed by atoms with Crippen LogP contribution >= 0.6 is 27.3 Å². The lowest BCUT2D eigenvalue weighted by Gasteiger charge is -2.40. The lowest BCUT2D eigenvalue weighted by molar-refractivity contribution is -0.103. The summed E-state index contributed by atoms with van der Waals surface area (Å²) in [5.41, 5.74) is -0.00885. The smallest absolute Gasteiger partial charge is 0.0940 e. The molecule has 2 saturated heterocycles. The molecule has 3 heterocycles. The number of halogens is 1. The summed E-state index contributed by atoms with van der Waals surface area (Å²) in [7, 11) is 0. The lowest BCUT2D eigenvalue weighted by atomic mass is 9.80. The Morgan fingerprint density at radius 1 is 1.55 bits per heavy atom. The fourth-order valence-electron chi connectivity index (χ4n) is 3.42. The molecule has 3 rings (SSSR count). The Morgan fingerprint density at radius 3 is 3.10 bits per heavy atom. The second-order valence-corrected chi connectivity index (χ2v) is 7.65. The fourth-order valence-corrected chi connectivity index (χ4v) is 5.04. The van der Waals surface area contributed by atoms with E-state index in [0.29, 0.717) is 12.0 Å². The first-order valence-electron chi connectivity index (χ1n) is 7.41. The number of rotatable bonds is 4. The van der Waals surface area contributed by atoms with Gasteiger partial charge in [0.25, 0.3) is 0 Å². The van der Waals surface area contributed by atoms with Crippen LogP contribution in [-0.2, 0) is 9.47 Å². The van der Waals surface area contributed by atoms with Gasteiger partial charge in [-0.3, -0.25) is 0 Å². The average Bonchev–Trinajstić information content (AvgIpc) is 3.06. The van der Waals surface area contributed by atoms with Gasteiger partial charge in [-0.15, -0.1) is 11.3 Å². The molecule has 1 spiro atoms. The van der Waals surface area contributed by atoms with Crippen LogP contribution in [0.1, 0.15) is 37.1 Å². The Morgan fingerprint density at radius 2 is 2.45 bits per heavy atom. The average molecular weight is 360 g/mol. The minimum absolute atomic E-state index is 0.00885. The molecule has 2 aliphatic rings. The summed E-state index contributed by atoms with van der Waals surface area (Å²) >= 11 is 5.41. The normalized spacial score (nSPS) is 31.8. The molecule has 3 unspecified atom stereocenters. The molecule has 0 saturated carbocycles. The van der Waals surface area contributed by atoms with Crippen LogP contribution in [0.15, 0.2) is 15.9 Å². The van der Waals surface area contributed by atoms with Gasteiger partial charge in [-0.1, -0.05) is 6.92 Å². The maximum atomic E-state index is 6.07. The molecule has 3 atom stereocenters. The predicted molar refractivity (Wildman–Crippen MR) is 85.3 cm³/mol. The summed E-state index contributed by atoms with van der Waals surface area (Å²) in [6.07, 6.45) is 3.30. The van der Waals surface area contributed by atoms with Crippen molar-refractivity contribution in [3.63, 3.8) is 0 Å². The third kappa shape index (κ3) is 3.12. The highest BCUT2D eigenvalue weighted by atomic mass is 79.9. The van der Waals surface area contributed by atoms with Gasteiger partial charge in [0.1, 0.15) is 0 Å². The highest BCUT2D eigenvalue weighted by Crippen LogP contribution is 2.42. The van der Waals surface area contributed by atoms with Gasteiger partial charge in [0.05, 0.1) is 12.2 Å². The molecule has 0 amide bonds. The van der Waals surface area contributed by atoms with E-state index < -0.39 is 0 Å². The molecule has 0 radical (unpaired) electrons. The maximum Gasteiger partial charge on any atom is 0.0940 e. The quantitative estimate of drug-likeness (QED) is 0.887. The molecular formula is C15H22BrNO2S. The zero-order chi connectivity index (χ0) is 14.0. The van der Waals surface area contributed by atoms with Crippen LogP contribution in [0.2, 0.25) is 0 Å². The topological polar surface area (TPSA) is 30.5 Å². The van der Waals surface area contributed by atoms with E-state index in [1.165, 1.54) is 9.35 Å². The van der Waals surface area contributed by atoms with E-state index in [9.17, 15) is 0 Å². The first kappa shape index (κ1) is 15.0. The Labute approximate surface area is 133 Å². The van der Waals surface area contributed by atoms with Crippen molar-refractivity contribution < 1.29 is 9.47 Å². The number of hydrogen-bond donors (Lipinski definition) is 1. The number of thiophene rings is 1. The molecule has 20 heavy (non-hydrogen) atoms. The standard InChI is InChI=1S/C15H22BrNO2S/c1-2-17-14(13-7-12(16)9-20-13)11-3-5-19-15(8-11)4-6-18-10-15/h7,9,11,14,17H,2-6,8,10H2,1H3. The second-order valence-electron chi connectivity index (χ2n) is 5.79. The van der Waals surface area contributed by atoms with Crippen molar-refractivity contribution in [3.05, 3.63) is 20.8 Å². The maximum absolute atomic E-state index is 6.07. The summed E-state index contributed by atoms with van der Waals surface area (Å²) in [6.45, 7) is 5.67. The Hall–Kier alpha value is 0.0600. The largest absolute Gasteiger partial charge is 0.378 e. The van der Waals surface area contributed by atoms with Crippen LogP contribution in [0.3, 0.4) is 0 Å². The summed E-state index contributed by atoms with van der Waals surface area (Å²) in [5.74, 6) is 0.635. The van der Waals surface area contributed by atoms with Crippen molar-refractivity contribution in [2.75, 3.05) is 26.4 Å². The van der Waals surface area contributed by atoms with E-state index >= 15 is 0 Å². The van der Waals surface area contributed by atoms with E-state index in [2.05, 4.69) is 39.6 Å². The fraction of sp³-hybridized carbons (Fsp3) is 0.733. The van der Waals surface area contributed by atoms with Crippen molar-refractivity contribution in [1.82, 2.24) is 5.32 Å². The minimum Gasteiger partial charge on any atom is -0.378 e. The molecule has 5 heteroatoms. The highest BCUT2D eigenvalue weighted by molar-refractivity contribution is 9.10. The molecule has 2 fully saturated rings. The highest BCUT2D eigenvalue weighted by Gasteiger charge is 2.43. The minimum atomic E-state index is -0.00885. The van der Waals surface area contributed by atoms with E-state index in [-0.39, 0.29) is 5.60 Å². The number of nitrogens with one attached hydrogen (secondary N) is 1. The zero-order valence-corrected chi connectivity index (χ0v) is 14.3. The van der Waals surface area contributed by atoms with Crippen LogP contribution in [0, 0.1) is 5.92 Å². The molecule has 112 valence electrons. The molecule has 2 aliphatic heterocycles. The van der Waals surface area contributed by atoms with Gasteiger partial charge in [0, 0.05) is 40.4 Å². The first-order valence-corrected chi connectivity index (χ1v) is 9.09. The van der Waals surface area contributed by atoms with E-state index in [4.69, 9.17) is 9.47 Å². The Kier molecular flexibility index (Phi) is 4.82. The number of ether oxygens (including phenoxy) is 2. The number of hydrogen-bond acceptors (Lipinski definition) is 4. The molecule has 1 N–H and O–H groups in total. The van der Waals surface area contributed by atoms with Crippen LogP contribution in [0.4, 0.5) is 0 Å². The van der Waals surface area contributed by atoms with E-state index in [1.807, 2.05) is 11.3 Å². The third-order valence-electron chi connectivity index (χ3n) is 4.39. The molecule has 0 bridgehead atoms. The molecule has 0 aliphatic carbocycles. The van der Waals surface area contributed by atoms with Crippen molar-refractivity contribution in [1.29, 1.82) is 0 Å². The van der Waals surface area contributed by atoms with Crippen LogP contribution < -0.4 is 5.32 Å². The van der Waals surface area contributed by atoms with Gasteiger partial charge in [0.15, 0.2) is 0 Å². The van der Waals surface area contributed by atoms with Crippen LogP contribution in [0.25, 0.3) is 0 Å². The summed E-state index contributed by atoms with van der Waals surface area (Å²) in [6, 6.07) is 2.70. The Balaban J connectivity index is 1.76. The summed E-state index contributed by atoms with van der Waals surface area (Å²) in [4.78, 5) is 1.43. The molecule has 0 aromatic carbocycles. The lowest BCUT2D eigenvalue weighted by Crippen LogP contribution is -2.44. The molecule has 1 aromatic rings. The SMILES string of the molecule is CCNC(c1cc(Br)cs1)C1CCOC2(CCOC2)C1. The predicted octanol–water partition coefficient (Wildman–Crippen LogP) is 3.75. The zero-order valence-electron chi connectivity index (χ0n) is 11.9.